The van der Waals surface area contributed by atoms with E-state index >= 15 is 0 Å². The summed E-state index contributed by atoms with van der Waals surface area (Å²) in [5.41, 5.74) is 1.43. The molecule has 4 N–H and O–H groups in total. The molecule has 13 nitrogen and oxygen atoms in total. The molecule has 1 aromatic carbocycles. The first-order valence-corrected chi connectivity index (χ1v) is 16.8. The summed E-state index contributed by atoms with van der Waals surface area (Å²) in [6, 6.07) is 6.30. The van der Waals surface area contributed by atoms with E-state index in [4.69, 9.17) is 9.47 Å². The van der Waals surface area contributed by atoms with Gasteiger partial charge in [0, 0.05) is 51.2 Å². The maximum Gasteiger partial charge on any atom is 0.407 e. The molecule has 4 unspecified atom stereocenters. The molecule has 1 aromatic rings. The molecule has 13 heteroatoms. The van der Waals surface area contributed by atoms with Crippen molar-refractivity contribution in [1.82, 2.24) is 20.9 Å². The maximum absolute atomic E-state index is 11.8. The van der Waals surface area contributed by atoms with Gasteiger partial charge in [-0.25, -0.2) is 4.79 Å². The Morgan fingerprint density at radius 1 is 0.958 bits per heavy atom. The fourth-order valence-electron chi connectivity index (χ4n) is 3.55. The summed E-state index contributed by atoms with van der Waals surface area (Å²) in [6.45, 7) is 16.6. The normalized spacial score (nSPS) is 12.7. The molecule has 0 saturated heterocycles. The number of nitrogens with one attached hydrogen (secondary N) is 4. The van der Waals surface area contributed by atoms with E-state index in [1.165, 1.54) is 4.90 Å². The molecule has 48 heavy (non-hydrogen) atoms. The van der Waals surface area contributed by atoms with Crippen LogP contribution in [0, 0.1) is 11.8 Å². The lowest BCUT2D eigenvalue weighted by molar-refractivity contribution is -0.132. The van der Waals surface area contributed by atoms with Crippen LogP contribution in [0.25, 0.3) is 0 Å². The van der Waals surface area contributed by atoms with Crippen molar-refractivity contribution in [1.29, 1.82) is 0 Å². The van der Waals surface area contributed by atoms with Gasteiger partial charge in [0.15, 0.2) is 0 Å². The highest BCUT2D eigenvalue weighted by Crippen LogP contribution is 2.11. The van der Waals surface area contributed by atoms with Crippen molar-refractivity contribution < 1.29 is 38.2 Å². The third-order valence-electron chi connectivity index (χ3n) is 6.87. The summed E-state index contributed by atoms with van der Waals surface area (Å²) in [7, 11) is 3.32. The van der Waals surface area contributed by atoms with Crippen LogP contribution in [0.2, 0.25) is 0 Å². The number of carbonyl (C=O) groups is 6. The first-order valence-electron chi connectivity index (χ1n) is 16.8. The third-order valence-corrected chi connectivity index (χ3v) is 6.87. The predicted molar refractivity (Wildman–Crippen MR) is 188 cm³/mol. The SMILES string of the molecule is CC.CCCOC(C)CCC(=O)NC(C=O)C(C)C.CNC(C)C(=O)Nc1ccc(COC(=O)NCCN(C)C(=O)CC(C)C=O)cc1. The van der Waals surface area contributed by atoms with E-state index in [9.17, 15) is 28.8 Å². The van der Waals surface area contributed by atoms with Gasteiger partial charge >= 0.3 is 6.09 Å². The van der Waals surface area contributed by atoms with Gasteiger partial charge in [-0.05, 0) is 57.4 Å². The second-order valence-electron chi connectivity index (χ2n) is 11.5. The molecule has 0 radical (unpaired) electrons. The molecule has 0 bridgehead atoms. The molecule has 0 aromatic heterocycles. The van der Waals surface area contributed by atoms with Crippen LogP contribution in [0.4, 0.5) is 10.5 Å². The number of ether oxygens (including phenoxy) is 2. The minimum Gasteiger partial charge on any atom is -0.445 e. The second kappa shape index (κ2) is 28.2. The van der Waals surface area contributed by atoms with Crippen molar-refractivity contribution in [3.63, 3.8) is 0 Å². The molecule has 0 spiro atoms. The number of carbonyl (C=O) groups excluding carboxylic acids is 6. The predicted octanol–water partition coefficient (Wildman–Crippen LogP) is 4.09. The monoisotopic (exact) mass is 679 g/mol. The third kappa shape index (κ3) is 22.6. The van der Waals surface area contributed by atoms with Gasteiger partial charge in [-0.2, -0.15) is 0 Å². The van der Waals surface area contributed by atoms with Gasteiger partial charge < -0.3 is 45.2 Å². The Morgan fingerprint density at radius 3 is 2.10 bits per heavy atom. The van der Waals surface area contributed by atoms with Crippen molar-refractivity contribution in [2.24, 2.45) is 11.8 Å². The summed E-state index contributed by atoms with van der Waals surface area (Å²) >= 11 is 0. The summed E-state index contributed by atoms with van der Waals surface area (Å²) in [5.74, 6) is -0.571. The van der Waals surface area contributed by atoms with E-state index in [0.29, 0.717) is 25.1 Å². The number of rotatable bonds is 20. The largest absolute Gasteiger partial charge is 0.445 e. The highest BCUT2D eigenvalue weighted by Gasteiger charge is 2.16. The van der Waals surface area contributed by atoms with Crippen LogP contribution in [-0.4, -0.2) is 93.3 Å². The Labute approximate surface area is 287 Å². The zero-order chi connectivity index (χ0) is 37.1. The molecule has 1 rings (SSSR count). The summed E-state index contributed by atoms with van der Waals surface area (Å²) < 4.78 is 10.6. The van der Waals surface area contributed by atoms with Crippen molar-refractivity contribution in [3.05, 3.63) is 29.8 Å². The topological polar surface area (TPSA) is 172 Å². The first-order chi connectivity index (χ1) is 22.8. The molecular formula is C35H61N5O8. The van der Waals surface area contributed by atoms with Gasteiger partial charge in [-0.3, -0.25) is 14.4 Å². The number of hydrogen-bond acceptors (Lipinski definition) is 9. The number of anilines is 1. The van der Waals surface area contributed by atoms with E-state index in [2.05, 4.69) is 28.2 Å². The molecule has 274 valence electrons. The van der Waals surface area contributed by atoms with Gasteiger partial charge in [-0.1, -0.05) is 53.7 Å². The average molecular weight is 680 g/mol. The van der Waals surface area contributed by atoms with Gasteiger partial charge in [0.1, 0.15) is 19.2 Å². The number of likely N-dealkylation sites (N-methyl/N-ethyl adjacent to an activating group) is 2. The lowest BCUT2D eigenvalue weighted by atomic mass is 10.1. The van der Waals surface area contributed by atoms with Gasteiger partial charge in [0.25, 0.3) is 0 Å². The Kier molecular flexibility index (Phi) is 27.2. The Bertz CT molecular complexity index is 1070. The van der Waals surface area contributed by atoms with Crippen LogP contribution in [0.1, 0.15) is 86.6 Å². The van der Waals surface area contributed by atoms with Crippen molar-refractivity contribution in [3.8, 4) is 0 Å². The number of benzene rings is 1. The van der Waals surface area contributed by atoms with Crippen LogP contribution in [0.5, 0.6) is 0 Å². The van der Waals surface area contributed by atoms with Crippen molar-refractivity contribution >= 4 is 42.1 Å². The number of amides is 4. The summed E-state index contributed by atoms with van der Waals surface area (Å²) in [6.07, 6.45) is 3.26. The molecule has 0 saturated carbocycles. The van der Waals surface area contributed by atoms with Crippen molar-refractivity contribution in [2.45, 2.75) is 106 Å². The second-order valence-corrected chi connectivity index (χ2v) is 11.5. The fraction of sp³-hybridized carbons (Fsp3) is 0.657. The number of aldehydes is 2. The van der Waals surface area contributed by atoms with E-state index in [-0.39, 0.29) is 67.3 Å². The van der Waals surface area contributed by atoms with Crippen LogP contribution in [0.3, 0.4) is 0 Å². The molecule has 4 amide bonds. The van der Waals surface area contributed by atoms with Crippen LogP contribution in [-0.2, 0) is 40.1 Å². The van der Waals surface area contributed by atoms with Crippen LogP contribution >= 0.6 is 0 Å². The molecule has 0 aliphatic heterocycles. The number of hydrogen-bond donors (Lipinski definition) is 4. The molecule has 4 atom stereocenters. The zero-order valence-electron chi connectivity index (χ0n) is 30.7. The lowest BCUT2D eigenvalue weighted by Crippen LogP contribution is -2.39. The Balaban J connectivity index is 0. The van der Waals surface area contributed by atoms with E-state index in [0.717, 1.165) is 31.2 Å². The molecular weight excluding hydrogens is 618 g/mol. The highest BCUT2D eigenvalue weighted by atomic mass is 16.5. The molecule has 0 heterocycles. The molecule has 0 fully saturated rings. The minimum absolute atomic E-state index is 0.0808. The van der Waals surface area contributed by atoms with E-state index in [1.54, 1.807) is 52.2 Å². The highest BCUT2D eigenvalue weighted by molar-refractivity contribution is 5.94. The van der Waals surface area contributed by atoms with Gasteiger partial charge in [0.2, 0.25) is 17.7 Å². The number of alkyl carbamates (subject to hydrolysis) is 1. The number of nitrogens with zero attached hydrogens (tertiary/aromatic N) is 1. The van der Waals surface area contributed by atoms with E-state index < -0.39 is 6.09 Å². The molecule has 0 aliphatic carbocycles. The van der Waals surface area contributed by atoms with Gasteiger partial charge in [0.05, 0.1) is 18.2 Å². The zero-order valence-corrected chi connectivity index (χ0v) is 30.7. The van der Waals surface area contributed by atoms with E-state index in [1.807, 2.05) is 34.6 Å². The molecule has 0 aliphatic rings. The van der Waals surface area contributed by atoms with Crippen LogP contribution in [0.15, 0.2) is 24.3 Å². The fourth-order valence-corrected chi connectivity index (χ4v) is 3.55. The Hall–Kier alpha value is -3.84. The summed E-state index contributed by atoms with van der Waals surface area (Å²) in [5, 5.41) is 10.9. The van der Waals surface area contributed by atoms with Crippen molar-refractivity contribution in [2.75, 3.05) is 39.1 Å². The average Bonchev–Trinajstić information content (AvgIpc) is 3.08. The Morgan fingerprint density at radius 2 is 1.58 bits per heavy atom. The minimum atomic E-state index is -0.590. The smallest absolute Gasteiger partial charge is 0.407 e. The maximum atomic E-state index is 11.8. The van der Waals surface area contributed by atoms with Crippen LogP contribution < -0.4 is 21.3 Å². The lowest BCUT2D eigenvalue weighted by Gasteiger charge is -2.18. The van der Waals surface area contributed by atoms with Gasteiger partial charge in [-0.15, -0.1) is 0 Å². The quantitative estimate of drug-likeness (QED) is 0.148. The standard InChI is InChI=1S/C20H30N4O5.C13H25NO3.C2H6/c1-14(12-25)11-18(26)24(4)10-9-22-20(28)29-13-16-5-7-17(8-6-16)23-19(27)15(2)21-3;1-5-8-17-11(4)6-7-13(16)14-12(9-15)10(2)3;1-2/h5-8,12,14-15,21H,9-11,13H2,1-4H3,(H,22,28)(H,23,27);9-12H,5-8H2,1-4H3,(H,14,16);1-2H3. The summed E-state index contributed by atoms with van der Waals surface area (Å²) in [4.78, 5) is 69.8. The first kappa shape index (κ1) is 46.3.